The van der Waals surface area contributed by atoms with Gasteiger partial charge in [-0.3, -0.25) is 9.78 Å². The lowest BCUT2D eigenvalue weighted by molar-refractivity contribution is 0.242. The van der Waals surface area contributed by atoms with Crippen LogP contribution >= 0.6 is 0 Å². The predicted octanol–water partition coefficient (Wildman–Crippen LogP) is 3.35. The van der Waals surface area contributed by atoms with E-state index in [1.807, 2.05) is 68.3 Å². The van der Waals surface area contributed by atoms with Crippen molar-refractivity contribution in [3.8, 4) is 5.75 Å². The summed E-state index contributed by atoms with van der Waals surface area (Å²) in [5, 5.41) is 0.599. The summed E-state index contributed by atoms with van der Waals surface area (Å²) >= 11 is 0. The van der Waals surface area contributed by atoms with Crippen molar-refractivity contribution in [3.05, 3.63) is 64.4 Å². The molecule has 0 fully saturated rings. The molecule has 0 radical (unpaired) electrons. The summed E-state index contributed by atoms with van der Waals surface area (Å²) in [5.41, 5.74) is 1.66. The lowest BCUT2D eigenvalue weighted by atomic mass is 10.2. The molecule has 0 amide bonds. The monoisotopic (exact) mass is 323 g/mol. The van der Waals surface area contributed by atoms with Crippen molar-refractivity contribution in [2.45, 2.75) is 26.5 Å². The molecule has 0 atom stereocenters. The zero-order valence-electron chi connectivity index (χ0n) is 14.1. The number of aromatic nitrogens is 2. The molecule has 0 spiro atoms. The molecular weight excluding hydrogens is 302 g/mol. The Hall–Kier alpha value is -2.82. The highest BCUT2D eigenvalue weighted by Gasteiger charge is 2.09. The average Bonchev–Trinajstić information content (AvgIpc) is 2.54. The van der Waals surface area contributed by atoms with Crippen LogP contribution in [-0.2, 0) is 6.54 Å². The van der Waals surface area contributed by atoms with Crippen LogP contribution in [0.5, 0.6) is 5.75 Å². The second-order valence-corrected chi connectivity index (χ2v) is 6.08. The van der Waals surface area contributed by atoms with Gasteiger partial charge in [0, 0.05) is 13.6 Å². The van der Waals surface area contributed by atoms with Crippen molar-refractivity contribution in [2.75, 3.05) is 11.9 Å². The molecule has 0 bridgehead atoms. The minimum absolute atomic E-state index is 0.126. The normalized spacial score (nSPS) is 11.0. The van der Waals surface area contributed by atoms with Gasteiger partial charge < -0.3 is 9.64 Å². The molecular formula is C19H21N3O2. The minimum Gasteiger partial charge on any atom is -0.491 e. The molecule has 3 aromatic rings. The van der Waals surface area contributed by atoms with Gasteiger partial charge in [-0.1, -0.05) is 24.3 Å². The summed E-state index contributed by atoms with van der Waals surface area (Å²) < 4.78 is 5.73. The Morgan fingerprint density at radius 2 is 1.96 bits per heavy atom. The lowest BCUT2D eigenvalue weighted by Crippen LogP contribution is -2.22. The number of rotatable bonds is 5. The van der Waals surface area contributed by atoms with E-state index in [4.69, 9.17) is 4.74 Å². The van der Waals surface area contributed by atoms with Gasteiger partial charge in [0.2, 0.25) is 5.95 Å². The Morgan fingerprint density at radius 1 is 1.17 bits per heavy atom. The number of H-pyrrole nitrogens is 1. The molecule has 0 saturated carbocycles. The Labute approximate surface area is 140 Å². The predicted molar refractivity (Wildman–Crippen MR) is 96.7 cm³/mol. The van der Waals surface area contributed by atoms with Crippen LogP contribution < -0.4 is 15.2 Å². The topological polar surface area (TPSA) is 58.2 Å². The third kappa shape index (κ3) is 3.56. The van der Waals surface area contributed by atoms with E-state index in [9.17, 15) is 4.79 Å². The Bertz CT molecular complexity index is 902. The minimum atomic E-state index is -0.126. The fourth-order valence-corrected chi connectivity index (χ4v) is 2.59. The Morgan fingerprint density at radius 3 is 2.75 bits per heavy atom. The summed E-state index contributed by atoms with van der Waals surface area (Å²) in [6, 6.07) is 15.3. The first kappa shape index (κ1) is 16.1. The largest absolute Gasteiger partial charge is 0.491 e. The molecule has 1 heterocycles. The van der Waals surface area contributed by atoms with E-state index in [1.165, 1.54) is 0 Å². The zero-order chi connectivity index (χ0) is 17.1. The van der Waals surface area contributed by atoms with Gasteiger partial charge in [-0.25, -0.2) is 4.98 Å². The molecule has 5 heteroatoms. The zero-order valence-corrected chi connectivity index (χ0v) is 14.1. The second kappa shape index (κ2) is 6.74. The molecule has 1 N–H and O–H groups in total. The van der Waals surface area contributed by atoms with E-state index in [0.717, 1.165) is 11.3 Å². The second-order valence-electron chi connectivity index (χ2n) is 6.08. The molecule has 1 aromatic heterocycles. The first-order valence-electron chi connectivity index (χ1n) is 7.99. The van der Waals surface area contributed by atoms with Gasteiger partial charge in [0.05, 0.1) is 17.0 Å². The fourth-order valence-electron chi connectivity index (χ4n) is 2.59. The number of nitrogens with one attached hydrogen (secondary N) is 1. The summed E-state index contributed by atoms with van der Waals surface area (Å²) in [6.07, 6.45) is 0.136. The van der Waals surface area contributed by atoms with Crippen LogP contribution in [0.3, 0.4) is 0 Å². The van der Waals surface area contributed by atoms with Crippen molar-refractivity contribution < 1.29 is 4.74 Å². The molecule has 2 aromatic carbocycles. The lowest BCUT2D eigenvalue weighted by Gasteiger charge is -2.19. The molecule has 0 aliphatic carbocycles. The Kier molecular flexibility index (Phi) is 4.51. The molecule has 124 valence electrons. The third-order valence-electron chi connectivity index (χ3n) is 3.65. The van der Waals surface area contributed by atoms with Crippen molar-refractivity contribution in [1.29, 1.82) is 0 Å². The van der Waals surface area contributed by atoms with Crippen molar-refractivity contribution in [3.63, 3.8) is 0 Å². The number of para-hydroxylation sites is 1. The van der Waals surface area contributed by atoms with Crippen LogP contribution in [0.2, 0.25) is 0 Å². The highest BCUT2D eigenvalue weighted by atomic mass is 16.5. The maximum Gasteiger partial charge on any atom is 0.260 e. The highest BCUT2D eigenvalue weighted by molar-refractivity contribution is 5.78. The van der Waals surface area contributed by atoms with E-state index in [2.05, 4.69) is 9.97 Å². The fraction of sp³-hybridized carbons (Fsp3) is 0.263. The van der Waals surface area contributed by atoms with E-state index in [0.29, 0.717) is 23.4 Å². The SMILES string of the molecule is CC(C)Oc1cccc(CN(C)c2nc3ccccc3c(=O)[nH]2)c1. The van der Waals surface area contributed by atoms with Gasteiger partial charge in [-0.2, -0.15) is 0 Å². The molecule has 0 saturated heterocycles. The first-order valence-corrected chi connectivity index (χ1v) is 7.99. The van der Waals surface area contributed by atoms with Crippen LogP contribution in [0.25, 0.3) is 10.9 Å². The van der Waals surface area contributed by atoms with Crippen LogP contribution in [0.15, 0.2) is 53.3 Å². The smallest absolute Gasteiger partial charge is 0.260 e. The van der Waals surface area contributed by atoms with E-state index >= 15 is 0 Å². The molecule has 0 aliphatic rings. The average molecular weight is 323 g/mol. The van der Waals surface area contributed by atoms with E-state index < -0.39 is 0 Å². The van der Waals surface area contributed by atoms with Gasteiger partial charge in [0.1, 0.15) is 5.75 Å². The quantitative estimate of drug-likeness (QED) is 0.782. The van der Waals surface area contributed by atoms with E-state index in [-0.39, 0.29) is 11.7 Å². The molecule has 0 aliphatic heterocycles. The summed E-state index contributed by atoms with van der Waals surface area (Å²) in [4.78, 5) is 21.5. The van der Waals surface area contributed by atoms with Gasteiger partial charge in [-0.15, -0.1) is 0 Å². The third-order valence-corrected chi connectivity index (χ3v) is 3.65. The number of hydrogen-bond donors (Lipinski definition) is 1. The van der Waals surface area contributed by atoms with Gasteiger partial charge in [0.25, 0.3) is 5.56 Å². The maximum atomic E-state index is 12.2. The van der Waals surface area contributed by atoms with Crippen LogP contribution in [0, 0.1) is 0 Å². The van der Waals surface area contributed by atoms with Crippen molar-refractivity contribution >= 4 is 16.9 Å². The van der Waals surface area contributed by atoms with Gasteiger partial charge in [0.15, 0.2) is 0 Å². The molecule has 5 nitrogen and oxygen atoms in total. The van der Waals surface area contributed by atoms with Crippen molar-refractivity contribution in [2.24, 2.45) is 0 Å². The van der Waals surface area contributed by atoms with E-state index in [1.54, 1.807) is 6.07 Å². The molecule has 0 unspecified atom stereocenters. The molecule has 3 rings (SSSR count). The number of aromatic amines is 1. The van der Waals surface area contributed by atoms with Crippen LogP contribution in [-0.4, -0.2) is 23.1 Å². The number of anilines is 1. The summed E-state index contributed by atoms with van der Waals surface area (Å²) in [6.45, 7) is 4.63. The van der Waals surface area contributed by atoms with Crippen molar-refractivity contribution in [1.82, 2.24) is 9.97 Å². The van der Waals surface area contributed by atoms with Gasteiger partial charge in [-0.05, 0) is 43.7 Å². The summed E-state index contributed by atoms with van der Waals surface area (Å²) in [5.74, 6) is 1.39. The first-order chi connectivity index (χ1) is 11.5. The number of nitrogens with zero attached hydrogens (tertiary/aromatic N) is 2. The number of fused-ring (bicyclic) bond motifs is 1. The Balaban J connectivity index is 1.85. The van der Waals surface area contributed by atoms with Crippen LogP contribution in [0.1, 0.15) is 19.4 Å². The highest BCUT2D eigenvalue weighted by Crippen LogP contribution is 2.18. The number of benzene rings is 2. The number of ether oxygens (including phenoxy) is 1. The molecule has 24 heavy (non-hydrogen) atoms. The van der Waals surface area contributed by atoms with Crippen LogP contribution in [0.4, 0.5) is 5.95 Å². The maximum absolute atomic E-state index is 12.2. The number of hydrogen-bond acceptors (Lipinski definition) is 4. The standard InChI is InChI=1S/C19H21N3O2/c1-13(2)24-15-8-6-7-14(11-15)12-22(3)19-20-17-10-5-4-9-16(17)18(23)21-19/h4-11,13H,12H2,1-3H3,(H,20,21,23). The van der Waals surface area contributed by atoms with Gasteiger partial charge >= 0.3 is 0 Å². The summed E-state index contributed by atoms with van der Waals surface area (Å²) in [7, 11) is 1.91.